The van der Waals surface area contributed by atoms with Crippen LogP contribution in [0.4, 0.5) is 18.9 Å². The van der Waals surface area contributed by atoms with Crippen molar-refractivity contribution in [1.82, 2.24) is 0 Å². The number of benzene rings is 1. The molecular formula is C10H12F3NO2. The monoisotopic (exact) mass is 235 g/mol. The number of halogens is 3. The van der Waals surface area contributed by atoms with Crippen LogP contribution in [0.1, 0.15) is 6.92 Å². The van der Waals surface area contributed by atoms with Gasteiger partial charge in [-0.2, -0.15) is 13.2 Å². The van der Waals surface area contributed by atoms with Gasteiger partial charge in [-0.15, -0.1) is 0 Å². The number of nitrogen functional groups attached to an aromatic ring is 1. The summed E-state index contributed by atoms with van der Waals surface area (Å²) in [5.41, 5.74) is 5.66. The van der Waals surface area contributed by atoms with E-state index < -0.39 is 12.8 Å². The SMILES string of the molecule is CCOc1cccc(OCC(F)(F)F)c1N. The van der Waals surface area contributed by atoms with Gasteiger partial charge in [0.2, 0.25) is 0 Å². The Morgan fingerprint density at radius 2 is 1.75 bits per heavy atom. The van der Waals surface area contributed by atoms with Crippen LogP contribution in [0.2, 0.25) is 0 Å². The lowest BCUT2D eigenvalue weighted by Crippen LogP contribution is -2.19. The van der Waals surface area contributed by atoms with E-state index in [1.807, 2.05) is 0 Å². The summed E-state index contributed by atoms with van der Waals surface area (Å²) < 4.78 is 45.5. The van der Waals surface area contributed by atoms with Crippen LogP contribution < -0.4 is 15.2 Å². The lowest BCUT2D eigenvalue weighted by molar-refractivity contribution is -0.153. The zero-order chi connectivity index (χ0) is 12.2. The molecule has 0 aliphatic rings. The fraction of sp³-hybridized carbons (Fsp3) is 0.400. The third-order valence-corrected chi connectivity index (χ3v) is 1.72. The van der Waals surface area contributed by atoms with Crippen molar-refractivity contribution < 1.29 is 22.6 Å². The zero-order valence-electron chi connectivity index (χ0n) is 8.67. The number of alkyl halides is 3. The maximum absolute atomic E-state index is 11.9. The Morgan fingerprint density at radius 3 is 2.25 bits per heavy atom. The highest BCUT2D eigenvalue weighted by Gasteiger charge is 2.28. The van der Waals surface area contributed by atoms with Crippen molar-refractivity contribution in [3.63, 3.8) is 0 Å². The second-order valence-corrected chi connectivity index (χ2v) is 3.00. The molecule has 0 unspecified atom stereocenters. The zero-order valence-corrected chi connectivity index (χ0v) is 8.67. The predicted molar refractivity (Wildman–Crippen MR) is 53.6 cm³/mol. The normalized spacial score (nSPS) is 11.2. The molecule has 16 heavy (non-hydrogen) atoms. The van der Waals surface area contributed by atoms with Crippen molar-refractivity contribution in [1.29, 1.82) is 0 Å². The minimum atomic E-state index is -4.38. The topological polar surface area (TPSA) is 44.5 Å². The second-order valence-electron chi connectivity index (χ2n) is 3.00. The quantitative estimate of drug-likeness (QED) is 0.816. The van der Waals surface area contributed by atoms with Crippen LogP contribution in [-0.2, 0) is 0 Å². The summed E-state index contributed by atoms with van der Waals surface area (Å²) in [6.07, 6.45) is -4.38. The van der Waals surface area contributed by atoms with Gasteiger partial charge in [0, 0.05) is 0 Å². The first-order valence-electron chi connectivity index (χ1n) is 4.65. The van der Waals surface area contributed by atoms with Gasteiger partial charge in [-0.05, 0) is 19.1 Å². The van der Waals surface area contributed by atoms with E-state index in [-0.39, 0.29) is 11.4 Å². The molecule has 0 atom stereocenters. The van der Waals surface area contributed by atoms with Crippen LogP contribution in [-0.4, -0.2) is 19.4 Å². The van der Waals surface area contributed by atoms with Gasteiger partial charge in [0.25, 0.3) is 0 Å². The molecule has 0 bridgehead atoms. The molecule has 0 fully saturated rings. The lowest BCUT2D eigenvalue weighted by Gasteiger charge is -2.13. The number of rotatable bonds is 4. The van der Waals surface area contributed by atoms with Gasteiger partial charge < -0.3 is 15.2 Å². The van der Waals surface area contributed by atoms with Crippen LogP contribution in [0.5, 0.6) is 11.5 Å². The Kier molecular flexibility index (Phi) is 3.87. The van der Waals surface area contributed by atoms with Crippen molar-refractivity contribution >= 4 is 5.69 Å². The number of nitrogens with two attached hydrogens (primary N) is 1. The van der Waals surface area contributed by atoms with E-state index in [0.717, 1.165) is 0 Å². The number of hydrogen-bond donors (Lipinski definition) is 1. The molecule has 0 saturated carbocycles. The molecule has 0 aliphatic heterocycles. The van der Waals surface area contributed by atoms with Crippen LogP contribution in [0.25, 0.3) is 0 Å². The third kappa shape index (κ3) is 3.52. The second kappa shape index (κ2) is 4.96. The van der Waals surface area contributed by atoms with Crippen molar-refractivity contribution in [3.8, 4) is 11.5 Å². The summed E-state index contributed by atoms with van der Waals surface area (Å²) in [7, 11) is 0. The summed E-state index contributed by atoms with van der Waals surface area (Å²) >= 11 is 0. The highest BCUT2D eigenvalue weighted by Crippen LogP contribution is 2.32. The molecule has 0 amide bonds. The first kappa shape index (κ1) is 12.5. The third-order valence-electron chi connectivity index (χ3n) is 1.72. The number of para-hydroxylation sites is 1. The van der Waals surface area contributed by atoms with E-state index in [1.165, 1.54) is 12.1 Å². The molecule has 1 aromatic rings. The first-order valence-corrected chi connectivity index (χ1v) is 4.65. The Hall–Kier alpha value is -1.59. The molecule has 3 nitrogen and oxygen atoms in total. The Morgan fingerprint density at radius 1 is 1.19 bits per heavy atom. The van der Waals surface area contributed by atoms with E-state index in [2.05, 4.69) is 4.74 Å². The molecule has 6 heteroatoms. The van der Waals surface area contributed by atoms with Crippen LogP contribution >= 0.6 is 0 Å². The van der Waals surface area contributed by atoms with E-state index in [1.54, 1.807) is 13.0 Å². The molecule has 0 radical (unpaired) electrons. The predicted octanol–water partition coefficient (Wildman–Crippen LogP) is 2.61. The van der Waals surface area contributed by atoms with Crippen molar-refractivity contribution in [3.05, 3.63) is 18.2 Å². The minimum Gasteiger partial charge on any atom is -0.492 e. The Labute approximate surface area is 91.0 Å². The molecule has 2 N–H and O–H groups in total. The summed E-state index contributed by atoms with van der Waals surface area (Å²) in [5.74, 6) is 0.297. The Balaban J connectivity index is 2.77. The van der Waals surface area contributed by atoms with Crippen LogP contribution in [0.15, 0.2) is 18.2 Å². The van der Waals surface area contributed by atoms with Gasteiger partial charge in [0.1, 0.15) is 17.2 Å². The molecule has 0 saturated heterocycles. The van der Waals surface area contributed by atoms with Gasteiger partial charge >= 0.3 is 6.18 Å². The van der Waals surface area contributed by atoms with Crippen LogP contribution in [0.3, 0.4) is 0 Å². The largest absolute Gasteiger partial charge is 0.492 e. The number of hydrogen-bond acceptors (Lipinski definition) is 3. The van der Waals surface area contributed by atoms with E-state index in [0.29, 0.717) is 12.4 Å². The van der Waals surface area contributed by atoms with Crippen molar-refractivity contribution in [2.75, 3.05) is 18.9 Å². The maximum Gasteiger partial charge on any atom is 0.422 e. The van der Waals surface area contributed by atoms with E-state index >= 15 is 0 Å². The average molecular weight is 235 g/mol. The lowest BCUT2D eigenvalue weighted by atomic mass is 10.3. The fourth-order valence-corrected chi connectivity index (χ4v) is 1.09. The fourth-order valence-electron chi connectivity index (χ4n) is 1.09. The molecule has 1 aromatic carbocycles. The molecular weight excluding hydrogens is 223 g/mol. The summed E-state index contributed by atoms with van der Waals surface area (Å²) in [5, 5.41) is 0. The van der Waals surface area contributed by atoms with Crippen LogP contribution in [0, 0.1) is 0 Å². The highest BCUT2D eigenvalue weighted by atomic mass is 19.4. The first-order chi connectivity index (χ1) is 7.44. The van der Waals surface area contributed by atoms with Gasteiger partial charge in [-0.3, -0.25) is 0 Å². The number of anilines is 1. The Bertz CT molecular complexity index is 352. The molecule has 1 rings (SSSR count). The van der Waals surface area contributed by atoms with Gasteiger partial charge in [0.05, 0.1) is 6.61 Å². The summed E-state index contributed by atoms with van der Waals surface area (Å²) in [4.78, 5) is 0. The summed E-state index contributed by atoms with van der Waals surface area (Å²) in [6.45, 7) is 0.766. The minimum absolute atomic E-state index is 0.0247. The van der Waals surface area contributed by atoms with E-state index in [9.17, 15) is 13.2 Å². The van der Waals surface area contributed by atoms with E-state index in [4.69, 9.17) is 10.5 Å². The molecule has 0 heterocycles. The average Bonchev–Trinajstić information content (AvgIpc) is 2.18. The molecule has 90 valence electrons. The highest BCUT2D eigenvalue weighted by molar-refractivity contribution is 5.62. The van der Waals surface area contributed by atoms with Crippen molar-refractivity contribution in [2.45, 2.75) is 13.1 Å². The smallest absolute Gasteiger partial charge is 0.422 e. The summed E-state index contributed by atoms with van der Waals surface area (Å²) in [6, 6.07) is 4.45. The van der Waals surface area contributed by atoms with Crippen molar-refractivity contribution in [2.24, 2.45) is 0 Å². The van der Waals surface area contributed by atoms with Gasteiger partial charge in [-0.1, -0.05) is 6.07 Å². The molecule has 0 aromatic heterocycles. The number of ether oxygens (including phenoxy) is 2. The van der Waals surface area contributed by atoms with Gasteiger partial charge in [0.15, 0.2) is 6.61 Å². The van der Waals surface area contributed by atoms with Gasteiger partial charge in [-0.25, -0.2) is 0 Å². The standard InChI is InChI=1S/C10H12F3NO2/c1-2-15-7-4-3-5-8(9(7)14)16-6-10(11,12)13/h3-5H,2,6,14H2,1H3. The molecule has 0 aliphatic carbocycles. The molecule has 0 spiro atoms. The maximum atomic E-state index is 11.9.